The minimum absolute atomic E-state index is 0.203. The fourth-order valence-electron chi connectivity index (χ4n) is 2.25. The molecule has 1 amide bonds. The zero-order valence-electron chi connectivity index (χ0n) is 13.1. The first-order valence-electron chi connectivity index (χ1n) is 7.49. The summed E-state index contributed by atoms with van der Waals surface area (Å²) < 4.78 is 14.9. The lowest BCUT2D eigenvalue weighted by Crippen LogP contribution is -2.23. The van der Waals surface area contributed by atoms with Gasteiger partial charge in [-0.3, -0.25) is 9.78 Å². The number of hydrogen-bond donors (Lipinski definition) is 1. The maximum Gasteiger partial charge on any atom is 0.273 e. The van der Waals surface area contributed by atoms with Gasteiger partial charge in [-0.15, -0.1) is 5.10 Å². The van der Waals surface area contributed by atoms with Crippen molar-refractivity contribution in [1.29, 1.82) is 0 Å². The third-order valence-corrected chi connectivity index (χ3v) is 3.63. The molecular weight excluding hydrogens is 309 g/mol. The third-order valence-electron chi connectivity index (χ3n) is 3.63. The van der Waals surface area contributed by atoms with Gasteiger partial charge in [0.15, 0.2) is 5.69 Å². The number of pyridine rings is 1. The summed E-state index contributed by atoms with van der Waals surface area (Å²) in [5.41, 5.74) is 1.71. The van der Waals surface area contributed by atoms with E-state index in [4.69, 9.17) is 0 Å². The summed E-state index contributed by atoms with van der Waals surface area (Å²) in [7, 11) is 0. The first-order chi connectivity index (χ1) is 11.6. The highest BCUT2D eigenvalue weighted by atomic mass is 19.1. The lowest BCUT2D eigenvalue weighted by Gasteiger charge is -2.11. The van der Waals surface area contributed by atoms with Crippen molar-refractivity contribution in [3.63, 3.8) is 0 Å². The van der Waals surface area contributed by atoms with Gasteiger partial charge in [0.1, 0.15) is 5.82 Å². The Morgan fingerprint density at radius 3 is 2.92 bits per heavy atom. The molecule has 0 aliphatic carbocycles. The van der Waals surface area contributed by atoms with E-state index in [1.165, 1.54) is 16.8 Å². The number of amides is 1. The van der Waals surface area contributed by atoms with Crippen molar-refractivity contribution in [2.75, 3.05) is 0 Å². The number of rotatable bonds is 5. The number of carbonyl (C=O) groups excluding carboxylic acids is 1. The molecule has 122 valence electrons. The van der Waals surface area contributed by atoms with E-state index < -0.39 is 0 Å². The van der Waals surface area contributed by atoms with E-state index in [0.29, 0.717) is 6.54 Å². The summed E-state index contributed by atoms with van der Waals surface area (Å²) in [6.07, 6.45) is 3.21. The number of carbonyl (C=O) groups is 1. The first-order valence-corrected chi connectivity index (χ1v) is 7.49. The molecule has 3 aromatic rings. The molecule has 3 rings (SSSR count). The molecule has 1 aromatic carbocycles. The average molecular weight is 325 g/mol. The van der Waals surface area contributed by atoms with Gasteiger partial charge in [0.05, 0.1) is 24.5 Å². The number of nitrogens with one attached hydrogen (secondary N) is 1. The molecule has 0 radical (unpaired) electrons. The van der Waals surface area contributed by atoms with Crippen LogP contribution >= 0.6 is 0 Å². The van der Waals surface area contributed by atoms with Crippen LogP contribution in [0, 0.1) is 5.82 Å². The van der Waals surface area contributed by atoms with Gasteiger partial charge in [-0.1, -0.05) is 23.4 Å². The molecule has 7 heteroatoms. The van der Waals surface area contributed by atoms with Gasteiger partial charge in [-0.25, -0.2) is 9.07 Å². The molecule has 2 aromatic heterocycles. The first kappa shape index (κ1) is 15.8. The molecule has 1 atom stereocenters. The van der Waals surface area contributed by atoms with Crippen LogP contribution in [0.2, 0.25) is 0 Å². The van der Waals surface area contributed by atoms with Crippen molar-refractivity contribution >= 4 is 5.91 Å². The number of nitrogens with zero attached hydrogens (tertiary/aromatic N) is 4. The summed E-state index contributed by atoms with van der Waals surface area (Å²) in [6, 6.07) is 11.5. The zero-order chi connectivity index (χ0) is 16.9. The Bertz CT molecular complexity index is 834. The topological polar surface area (TPSA) is 72.7 Å². The van der Waals surface area contributed by atoms with Crippen LogP contribution in [-0.4, -0.2) is 25.9 Å². The fraction of sp³-hybridized carbons (Fsp3) is 0.176. The third kappa shape index (κ3) is 3.62. The second-order valence-electron chi connectivity index (χ2n) is 5.32. The van der Waals surface area contributed by atoms with E-state index in [0.717, 1.165) is 11.3 Å². The van der Waals surface area contributed by atoms with Crippen molar-refractivity contribution in [3.05, 3.63) is 77.6 Å². The number of halogens is 1. The average Bonchev–Trinajstić information content (AvgIpc) is 3.10. The smallest absolute Gasteiger partial charge is 0.273 e. The van der Waals surface area contributed by atoms with Crippen LogP contribution in [0.15, 0.2) is 54.9 Å². The minimum atomic E-state index is -0.335. The van der Waals surface area contributed by atoms with Crippen LogP contribution in [0.25, 0.3) is 0 Å². The largest absolute Gasteiger partial charge is 0.345 e. The van der Waals surface area contributed by atoms with Crippen LogP contribution in [-0.2, 0) is 6.54 Å². The van der Waals surface area contributed by atoms with E-state index in [-0.39, 0.29) is 23.5 Å². The molecule has 0 spiro atoms. The maximum absolute atomic E-state index is 13.3. The molecule has 2 heterocycles. The molecular formula is C17H16FN5O. The SMILES string of the molecule is CC(c1cccc(F)c1)n1cc(C(=O)NCc2ccccn2)nn1. The fourth-order valence-corrected chi connectivity index (χ4v) is 2.25. The van der Waals surface area contributed by atoms with Crippen molar-refractivity contribution < 1.29 is 9.18 Å². The lowest BCUT2D eigenvalue weighted by molar-refractivity contribution is 0.0945. The summed E-state index contributed by atoms with van der Waals surface area (Å²) in [5, 5.41) is 10.6. The molecule has 0 saturated heterocycles. The molecule has 0 saturated carbocycles. The van der Waals surface area contributed by atoms with Gasteiger partial charge in [-0.05, 0) is 36.8 Å². The summed E-state index contributed by atoms with van der Waals surface area (Å²) in [5.74, 6) is -0.647. The Hall–Kier alpha value is -3.09. The van der Waals surface area contributed by atoms with Gasteiger partial charge in [-0.2, -0.15) is 0 Å². The molecule has 0 aliphatic heterocycles. The highest BCUT2D eigenvalue weighted by molar-refractivity contribution is 5.91. The number of hydrogen-bond acceptors (Lipinski definition) is 4. The maximum atomic E-state index is 13.3. The van der Waals surface area contributed by atoms with E-state index >= 15 is 0 Å². The van der Waals surface area contributed by atoms with E-state index in [9.17, 15) is 9.18 Å². The Morgan fingerprint density at radius 1 is 1.29 bits per heavy atom. The summed E-state index contributed by atoms with van der Waals surface area (Å²) in [4.78, 5) is 16.3. The van der Waals surface area contributed by atoms with Crippen LogP contribution in [0.1, 0.15) is 34.7 Å². The number of benzene rings is 1. The predicted molar refractivity (Wildman–Crippen MR) is 85.6 cm³/mol. The highest BCUT2D eigenvalue weighted by Crippen LogP contribution is 2.17. The quantitative estimate of drug-likeness (QED) is 0.781. The molecule has 24 heavy (non-hydrogen) atoms. The molecule has 0 aliphatic rings. The summed E-state index contributed by atoms with van der Waals surface area (Å²) in [6.45, 7) is 2.17. The monoisotopic (exact) mass is 325 g/mol. The highest BCUT2D eigenvalue weighted by Gasteiger charge is 2.15. The van der Waals surface area contributed by atoms with E-state index in [1.807, 2.05) is 25.1 Å². The molecule has 6 nitrogen and oxygen atoms in total. The van der Waals surface area contributed by atoms with Gasteiger partial charge in [0.25, 0.3) is 5.91 Å². The molecule has 1 unspecified atom stereocenters. The van der Waals surface area contributed by atoms with Gasteiger partial charge in [0.2, 0.25) is 0 Å². The molecule has 1 N–H and O–H groups in total. The Kier molecular flexibility index (Phi) is 4.60. The Labute approximate surface area is 138 Å². The van der Waals surface area contributed by atoms with E-state index in [2.05, 4.69) is 20.6 Å². The molecule has 0 fully saturated rings. The second-order valence-corrected chi connectivity index (χ2v) is 5.32. The van der Waals surface area contributed by atoms with Crippen LogP contribution in [0.5, 0.6) is 0 Å². The van der Waals surface area contributed by atoms with Gasteiger partial charge in [0, 0.05) is 6.20 Å². The Morgan fingerprint density at radius 2 is 2.17 bits per heavy atom. The van der Waals surface area contributed by atoms with E-state index in [1.54, 1.807) is 24.5 Å². The van der Waals surface area contributed by atoms with Gasteiger partial charge >= 0.3 is 0 Å². The number of aromatic nitrogens is 4. The minimum Gasteiger partial charge on any atom is -0.345 e. The van der Waals surface area contributed by atoms with Crippen LogP contribution < -0.4 is 5.32 Å². The zero-order valence-corrected chi connectivity index (χ0v) is 13.1. The van der Waals surface area contributed by atoms with Crippen LogP contribution in [0.3, 0.4) is 0 Å². The standard InChI is InChI=1S/C17H16FN5O/c1-12(13-5-4-6-14(18)9-13)23-11-16(21-22-23)17(24)20-10-15-7-2-3-8-19-15/h2-9,11-12H,10H2,1H3,(H,20,24). The molecule has 0 bridgehead atoms. The lowest BCUT2D eigenvalue weighted by atomic mass is 10.1. The van der Waals surface area contributed by atoms with Crippen LogP contribution in [0.4, 0.5) is 4.39 Å². The van der Waals surface area contributed by atoms with Crippen molar-refractivity contribution in [2.24, 2.45) is 0 Å². The summed E-state index contributed by atoms with van der Waals surface area (Å²) >= 11 is 0. The predicted octanol–water partition coefficient (Wildman–Crippen LogP) is 2.35. The van der Waals surface area contributed by atoms with Gasteiger partial charge < -0.3 is 5.32 Å². The normalized spacial score (nSPS) is 11.9. The second kappa shape index (κ2) is 6.99. The van der Waals surface area contributed by atoms with Crippen molar-refractivity contribution in [3.8, 4) is 0 Å². The Balaban J connectivity index is 1.67. The van der Waals surface area contributed by atoms with Crippen molar-refractivity contribution in [2.45, 2.75) is 19.5 Å². The van der Waals surface area contributed by atoms with Crippen molar-refractivity contribution in [1.82, 2.24) is 25.3 Å².